The van der Waals surface area contributed by atoms with Crippen LogP contribution in [-0.2, 0) is 23.8 Å². The fourth-order valence-corrected chi connectivity index (χ4v) is 7.70. The molecule has 1 spiro atoms. The number of ketones is 1. The molecule has 192 valence electrons. The van der Waals surface area contributed by atoms with Crippen molar-refractivity contribution in [3.05, 3.63) is 34.4 Å². The number of rotatable bonds is 2. The van der Waals surface area contributed by atoms with Gasteiger partial charge < -0.3 is 19.3 Å². The van der Waals surface area contributed by atoms with Gasteiger partial charge in [0.1, 0.15) is 6.10 Å². The maximum atomic E-state index is 14.6. The Balaban J connectivity index is 1.72. The summed E-state index contributed by atoms with van der Waals surface area (Å²) < 4.78 is 18.5. The van der Waals surface area contributed by atoms with Crippen LogP contribution in [0.5, 0.6) is 0 Å². The number of hydrogen-bond donors (Lipinski definition) is 1. The first-order valence-electron chi connectivity index (χ1n) is 12.9. The van der Waals surface area contributed by atoms with Crippen molar-refractivity contribution < 1.29 is 28.9 Å². The summed E-state index contributed by atoms with van der Waals surface area (Å²) in [6.07, 6.45) is 2.94. The second-order valence-corrected chi connectivity index (χ2v) is 12.9. The molecule has 6 heteroatoms. The molecule has 0 aromatic heterocycles. The van der Waals surface area contributed by atoms with Crippen molar-refractivity contribution >= 4 is 11.8 Å². The number of carbonyl (C=O) groups excluding carboxylic acids is 2. The normalized spacial score (nSPS) is 44.5. The van der Waals surface area contributed by atoms with Gasteiger partial charge in [-0.2, -0.15) is 0 Å². The summed E-state index contributed by atoms with van der Waals surface area (Å²) in [6, 6.07) is 0. The Morgan fingerprint density at radius 1 is 1.17 bits per heavy atom. The van der Waals surface area contributed by atoms with E-state index in [9.17, 15) is 14.7 Å². The first-order valence-corrected chi connectivity index (χ1v) is 12.9. The summed E-state index contributed by atoms with van der Waals surface area (Å²) in [5.41, 5.74) is -0.108. The monoisotopic (exact) mass is 484 g/mol. The predicted molar refractivity (Wildman–Crippen MR) is 131 cm³/mol. The van der Waals surface area contributed by atoms with Crippen LogP contribution >= 0.6 is 0 Å². The summed E-state index contributed by atoms with van der Waals surface area (Å²) in [7, 11) is 0. The number of carbonyl (C=O) groups is 2. The third kappa shape index (κ3) is 3.12. The van der Waals surface area contributed by atoms with Crippen molar-refractivity contribution in [1.82, 2.24) is 0 Å². The lowest BCUT2D eigenvalue weighted by Gasteiger charge is -2.52. The fourth-order valence-electron chi connectivity index (χ4n) is 7.70. The summed E-state index contributed by atoms with van der Waals surface area (Å²) >= 11 is 0. The van der Waals surface area contributed by atoms with Crippen molar-refractivity contribution in [2.45, 2.75) is 92.3 Å². The molecule has 1 heterocycles. The Kier molecular flexibility index (Phi) is 5.26. The van der Waals surface area contributed by atoms with Crippen LogP contribution < -0.4 is 0 Å². The Morgan fingerprint density at radius 3 is 2.46 bits per heavy atom. The van der Waals surface area contributed by atoms with Crippen LogP contribution in [-0.4, -0.2) is 47.1 Å². The molecule has 0 amide bonds. The summed E-state index contributed by atoms with van der Waals surface area (Å²) in [6.45, 7) is 17.8. The fraction of sp³-hybridized carbons (Fsp3) is 0.724. The second kappa shape index (κ2) is 7.39. The predicted octanol–water partition coefficient (Wildman–Crippen LogP) is 4.52. The minimum Gasteiger partial charge on any atom is -0.451 e. The van der Waals surface area contributed by atoms with E-state index in [4.69, 9.17) is 14.2 Å². The van der Waals surface area contributed by atoms with Crippen LogP contribution in [0.25, 0.3) is 0 Å². The van der Waals surface area contributed by atoms with Crippen LogP contribution in [0, 0.1) is 34.5 Å². The van der Waals surface area contributed by atoms with Crippen molar-refractivity contribution in [3.8, 4) is 0 Å². The number of esters is 1. The standard InChI is InChI=1S/C29H40O6/c1-14(2)17(5)25(31)34-23-15(3)12-28-16(4)10-20-21(26(20,6)7)19(22(28)30)11-18-13-33-27(8,9)35-24(18)29(23,28)32/h11-12,16,19-21,23-24,32H,10,13H2,1-9H3/t16-,19+,20-,21+,23+,24-,28+,29-/m1/s1. The van der Waals surface area contributed by atoms with Gasteiger partial charge in [-0.3, -0.25) is 4.79 Å². The van der Waals surface area contributed by atoms with Crippen molar-refractivity contribution in [3.63, 3.8) is 0 Å². The molecule has 3 fully saturated rings. The Bertz CT molecular complexity index is 1090. The molecule has 0 radical (unpaired) electrons. The van der Waals surface area contributed by atoms with E-state index >= 15 is 0 Å². The number of allylic oxidation sites excluding steroid dienone is 2. The lowest BCUT2D eigenvalue weighted by atomic mass is 9.59. The molecule has 5 rings (SSSR count). The zero-order chi connectivity index (χ0) is 25.9. The molecule has 2 saturated carbocycles. The van der Waals surface area contributed by atoms with Gasteiger partial charge in [0, 0.05) is 11.5 Å². The maximum absolute atomic E-state index is 14.6. The van der Waals surface area contributed by atoms with Crippen molar-refractivity contribution in [2.24, 2.45) is 34.5 Å². The minimum absolute atomic E-state index is 0.0192. The smallest absolute Gasteiger partial charge is 0.334 e. The largest absolute Gasteiger partial charge is 0.451 e. The van der Waals surface area contributed by atoms with Gasteiger partial charge in [-0.25, -0.2) is 4.79 Å². The lowest BCUT2D eigenvalue weighted by Crippen LogP contribution is -2.68. The van der Waals surface area contributed by atoms with Crippen LogP contribution in [0.2, 0.25) is 0 Å². The SMILES string of the molecule is CC1=C[C@]23C(=O)[C@@H](C=C4COC(C)(C)O[C@H]4[C@]2(O)[C@H]1OC(=O)C(C)=C(C)C)[C@H]1[C@@H](C[C@H]3C)C1(C)C. The van der Waals surface area contributed by atoms with E-state index in [1.54, 1.807) is 6.92 Å². The number of aliphatic hydroxyl groups is 1. The molecule has 35 heavy (non-hydrogen) atoms. The Morgan fingerprint density at radius 2 is 1.83 bits per heavy atom. The molecule has 1 aliphatic heterocycles. The van der Waals surface area contributed by atoms with Gasteiger partial charge in [0.25, 0.3) is 0 Å². The minimum atomic E-state index is -1.77. The van der Waals surface area contributed by atoms with E-state index in [1.165, 1.54) is 0 Å². The van der Waals surface area contributed by atoms with E-state index in [1.807, 2.05) is 46.8 Å². The first-order chi connectivity index (χ1) is 16.1. The van der Waals surface area contributed by atoms with Crippen LogP contribution in [0.15, 0.2) is 34.4 Å². The summed E-state index contributed by atoms with van der Waals surface area (Å²) in [5, 5.41) is 12.9. The zero-order valence-electron chi connectivity index (χ0n) is 22.5. The van der Waals surface area contributed by atoms with Crippen LogP contribution in [0.1, 0.15) is 68.7 Å². The molecule has 0 aromatic rings. The second-order valence-electron chi connectivity index (χ2n) is 12.9. The Labute approximate surface area is 208 Å². The van der Waals surface area contributed by atoms with Gasteiger partial charge in [-0.1, -0.05) is 38.5 Å². The van der Waals surface area contributed by atoms with E-state index in [2.05, 4.69) is 20.8 Å². The van der Waals surface area contributed by atoms with E-state index < -0.39 is 35.0 Å². The van der Waals surface area contributed by atoms with Gasteiger partial charge in [0.05, 0.1) is 12.0 Å². The highest BCUT2D eigenvalue weighted by molar-refractivity contribution is 5.96. The van der Waals surface area contributed by atoms with Gasteiger partial charge >= 0.3 is 5.97 Å². The first kappa shape index (κ1) is 24.9. The number of Topliss-reactive ketones (excluding diaryl/α,β-unsaturated/α-hetero) is 1. The highest BCUT2D eigenvalue weighted by Crippen LogP contribution is 2.72. The van der Waals surface area contributed by atoms with Gasteiger partial charge in [-0.15, -0.1) is 0 Å². The van der Waals surface area contributed by atoms with Crippen molar-refractivity contribution in [1.29, 1.82) is 0 Å². The lowest BCUT2D eigenvalue weighted by molar-refractivity contribution is -0.303. The molecular weight excluding hydrogens is 444 g/mol. The number of ether oxygens (including phenoxy) is 3. The average Bonchev–Trinajstić information content (AvgIpc) is 3.25. The van der Waals surface area contributed by atoms with Crippen LogP contribution in [0.3, 0.4) is 0 Å². The molecule has 4 aliphatic carbocycles. The summed E-state index contributed by atoms with van der Waals surface area (Å²) in [5.74, 6) is -1.29. The highest BCUT2D eigenvalue weighted by Gasteiger charge is 2.77. The third-order valence-corrected chi connectivity index (χ3v) is 9.95. The molecule has 1 N–H and O–H groups in total. The zero-order valence-corrected chi connectivity index (χ0v) is 22.5. The van der Waals surface area contributed by atoms with Gasteiger partial charge in [0.15, 0.2) is 23.3 Å². The highest BCUT2D eigenvalue weighted by atomic mass is 16.7. The maximum Gasteiger partial charge on any atom is 0.334 e. The van der Waals surface area contributed by atoms with E-state index in [-0.39, 0.29) is 35.6 Å². The number of fused-ring (bicyclic) bond motifs is 5. The average molecular weight is 485 g/mol. The molecule has 0 unspecified atom stereocenters. The third-order valence-electron chi connectivity index (χ3n) is 9.95. The molecule has 2 bridgehead atoms. The molecule has 6 nitrogen and oxygen atoms in total. The molecular formula is C29H40O6. The van der Waals surface area contributed by atoms with Gasteiger partial charge in [-0.05, 0) is 82.3 Å². The van der Waals surface area contributed by atoms with E-state index in [0.29, 0.717) is 17.1 Å². The molecule has 0 aromatic carbocycles. The van der Waals surface area contributed by atoms with Gasteiger partial charge in [0.2, 0.25) is 0 Å². The Hall–Kier alpha value is -1.76. The van der Waals surface area contributed by atoms with E-state index in [0.717, 1.165) is 17.6 Å². The number of hydrogen-bond acceptors (Lipinski definition) is 6. The molecule has 8 atom stereocenters. The molecule has 1 saturated heterocycles. The van der Waals surface area contributed by atoms with Crippen molar-refractivity contribution in [2.75, 3.05) is 6.61 Å². The summed E-state index contributed by atoms with van der Waals surface area (Å²) in [4.78, 5) is 27.8. The molecule has 5 aliphatic rings. The topological polar surface area (TPSA) is 82.1 Å². The quantitative estimate of drug-likeness (QED) is 0.353. The van der Waals surface area contributed by atoms with Crippen LogP contribution in [0.4, 0.5) is 0 Å².